The van der Waals surface area contributed by atoms with E-state index < -0.39 is 0 Å². The lowest BCUT2D eigenvalue weighted by atomic mass is 10.2. The van der Waals surface area contributed by atoms with Gasteiger partial charge in [-0.1, -0.05) is 18.2 Å². The SMILES string of the molecule is COc1cc2nc(CN3CCN(C(=O)c4cc5ccccc5[nH]4)CC3)[nH]c(=O)c2cc1OC. The van der Waals surface area contributed by atoms with Gasteiger partial charge < -0.3 is 24.3 Å². The third-order valence-corrected chi connectivity index (χ3v) is 6.05. The first-order valence-corrected chi connectivity index (χ1v) is 10.8. The van der Waals surface area contributed by atoms with E-state index in [9.17, 15) is 9.59 Å². The number of carbonyl (C=O) groups is 1. The van der Waals surface area contributed by atoms with Crippen LogP contribution < -0.4 is 15.0 Å². The number of rotatable bonds is 5. The summed E-state index contributed by atoms with van der Waals surface area (Å²) in [6, 6.07) is 13.1. The van der Waals surface area contributed by atoms with Crippen molar-refractivity contribution in [2.75, 3.05) is 40.4 Å². The van der Waals surface area contributed by atoms with Crippen LogP contribution in [0.1, 0.15) is 16.3 Å². The molecule has 1 aliphatic heterocycles. The molecule has 9 nitrogen and oxygen atoms in total. The fourth-order valence-electron chi connectivity index (χ4n) is 4.27. The summed E-state index contributed by atoms with van der Waals surface area (Å²) in [5.74, 6) is 1.60. The third kappa shape index (κ3) is 4.03. The zero-order valence-corrected chi connectivity index (χ0v) is 18.6. The second-order valence-electron chi connectivity index (χ2n) is 8.08. The molecule has 0 atom stereocenters. The van der Waals surface area contributed by atoms with E-state index in [4.69, 9.17) is 9.47 Å². The Labute approximate surface area is 189 Å². The van der Waals surface area contributed by atoms with E-state index in [-0.39, 0.29) is 11.5 Å². The van der Waals surface area contributed by atoms with Crippen LogP contribution in [0.5, 0.6) is 11.5 Å². The van der Waals surface area contributed by atoms with Crippen LogP contribution in [0.3, 0.4) is 0 Å². The molecule has 1 aliphatic rings. The highest BCUT2D eigenvalue weighted by Gasteiger charge is 2.24. The summed E-state index contributed by atoms with van der Waals surface area (Å²) in [7, 11) is 3.08. The summed E-state index contributed by atoms with van der Waals surface area (Å²) in [6.45, 7) is 3.10. The summed E-state index contributed by atoms with van der Waals surface area (Å²) in [5, 5.41) is 1.48. The maximum atomic E-state index is 12.9. The molecular formula is C24H25N5O4. The Hall–Kier alpha value is -3.85. The van der Waals surface area contributed by atoms with Crippen molar-refractivity contribution in [2.45, 2.75) is 6.54 Å². The Morgan fingerprint density at radius 3 is 2.45 bits per heavy atom. The van der Waals surface area contributed by atoms with Gasteiger partial charge in [0.15, 0.2) is 11.5 Å². The van der Waals surface area contributed by atoms with E-state index in [1.165, 1.54) is 7.11 Å². The van der Waals surface area contributed by atoms with Gasteiger partial charge in [-0.25, -0.2) is 4.98 Å². The normalized spacial score (nSPS) is 14.7. The first-order chi connectivity index (χ1) is 16.1. The average Bonchev–Trinajstić information content (AvgIpc) is 3.28. The number of nitrogens with one attached hydrogen (secondary N) is 2. The number of carbonyl (C=O) groups excluding carboxylic acids is 1. The highest BCUT2D eigenvalue weighted by molar-refractivity contribution is 5.98. The Balaban J connectivity index is 1.27. The molecule has 0 aliphatic carbocycles. The Morgan fingerprint density at radius 1 is 1.00 bits per heavy atom. The summed E-state index contributed by atoms with van der Waals surface area (Å²) >= 11 is 0. The predicted octanol–water partition coefficient (Wildman–Crippen LogP) is 2.38. The second-order valence-corrected chi connectivity index (χ2v) is 8.08. The number of ether oxygens (including phenoxy) is 2. The van der Waals surface area contributed by atoms with Crippen LogP contribution in [0.4, 0.5) is 0 Å². The number of para-hydroxylation sites is 1. The zero-order valence-electron chi connectivity index (χ0n) is 18.6. The van der Waals surface area contributed by atoms with E-state index in [1.54, 1.807) is 19.2 Å². The summed E-state index contributed by atoms with van der Waals surface area (Å²) < 4.78 is 10.6. The van der Waals surface area contributed by atoms with Crippen LogP contribution >= 0.6 is 0 Å². The van der Waals surface area contributed by atoms with E-state index in [0.717, 1.165) is 10.9 Å². The number of fused-ring (bicyclic) bond motifs is 2. The highest BCUT2D eigenvalue weighted by atomic mass is 16.5. The second kappa shape index (κ2) is 8.59. The molecule has 0 radical (unpaired) electrons. The molecule has 5 rings (SSSR count). The van der Waals surface area contributed by atoms with Gasteiger partial charge in [-0.2, -0.15) is 0 Å². The Morgan fingerprint density at radius 2 is 1.73 bits per heavy atom. The van der Waals surface area contributed by atoms with Gasteiger partial charge in [0.05, 0.1) is 31.7 Å². The molecule has 170 valence electrons. The molecule has 9 heteroatoms. The number of aromatic nitrogens is 3. The molecular weight excluding hydrogens is 422 g/mol. The first kappa shape index (κ1) is 21.0. The highest BCUT2D eigenvalue weighted by Crippen LogP contribution is 2.30. The quantitative estimate of drug-likeness (QED) is 0.487. The van der Waals surface area contributed by atoms with Crippen molar-refractivity contribution in [1.29, 1.82) is 0 Å². The Kier molecular flexibility index (Phi) is 5.47. The minimum atomic E-state index is -0.219. The van der Waals surface area contributed by atoms with Gasteiger partial charge in [-0.3, -0.25) is 14.5 Å². The van der Waals surface area contributed by atoms with E-state index in [1.807, 2.05) is 35.2 Å². The minimum absolute atomic E-state index is 0.00382. The van der Waals surface area contributed by atoms with Gasteiger partial charge >= 0.3 is 0 Å². The van der Waals surface area contributed by atoms with Gasteiger partial charge in [-0.15, -0.1) is 0 Å². The predicted molar refractivity (Wildman–Crippen MR) is 125 cm³/mol. The lowest BCUT2D eigenvalue weighted by Gasteiger charge is -2.34. The summed E-state index contributed by atoms with van der Waals surface area (Å²) in [5.41, 5.74) is 1.90. The number of nitrogens with zero attached hydrogens (tertiary/aromatic N) is 3. The molecule has 1 amide bonds. The maximum Gasteiger partial charge on any atom is 0.270 e. The number of hydrogen-bond acceptors (Lipinski definition) is 6. The fourth-order valence-corrected chi connectivity index (χ4v) is 4.27. The summed E-state index contributed by atoms with van der Waals surface area (Å²) in [6.07, 6.45) is 0. The molecule has 0 spiro atoms. The van der Waals surface area contributed by atoms with E-state index >= 15 is 0 Å². The largest absolute Gasteiger partial charge is 0.493 e. The van der Waals surface area contributed by atoms with Gasteiger partial charge in [0.1, 0.15) is 11.5 Å². The average molecular weight is 447 g/mol. The van der Waals surface area contributed by atoms with Gasteiger partial charge in [0.2, 0.25) is 0 Å². The molecule has 33 heavy (non-hydrogen) atoms. The molecule has 1 fully saturated rings. The summed E-state index contributed by atoms with van der Waals surface area (Å²) in [4.78, 5) is 40.3. The molecule has 0 saturated carbocycles. The van der Waals surface area contributed by atoms with Gasteiger partial charge in [0, 0.05) is 43.1 Å². The number of H-pyrrole nitrogens is 2. The van der Waals surface area contributed by atoms with Crippen molar-refractivity contribution < 1.29 is 14.3 Å². The van der Waals surface area contributed by atoms with Crippen LogP contribution in [0.15, 0.2) is 47.3 Å². The fraction of sp³-hybridized carbons (Fsp3) is 0.292. The molecule has 2 N–H and O–H groups in total. The van der Waals surface area contributed by atoms with Crippen molar-refractivity contribution >= 4 is 27.7 Å². The number of amides is 1. The van der Waals surface area contributed by atoms with Crippen molar-refractivity contribution in [3.8, 4) is 11.5 Å². The lowest BCUT2D eigenvalue weighted by Crippen LogP contribution is -2.48. The molecule has 4 aromatic rings. The Bertz CT molecular complexity index is 1350. The molecule has 2 aromatic heterocycles. The monoisotopic (exact) mass is 447 g/mol. The van der Waals surface area contributed by atoms with Crippen LogP contribution in [0.2, 0.25) is 0 Å². The van der Waals surface area contributed by atoms with Crippen LogP contribution in [0, 0.1) is 0 Å². The molecule has 0 unspecified atom stereocenters. The zero-order chi connectivity index (χ0) is 22.9. The van der Waals surface area contributed by atoms with Crippen molar-refractivity contribution in [3.63, 3.8) is 0 Å². The standard InChI is InChI=1S/C24H25N5O4/c1-32-20-12-16-18(13-21(20)33-2)26-22(27-23(16)30)14-28-7-9-29(10-8-28)24(31)19-11-15-5-3-4-6-17(15)25-19/h3-6,11-13,25H,7-10,14H2,1-2H3,(H,26,27,30). The van der Waals surface area contributed by atoms with Gasteiger partial charge in [0.25, 0.3) is 11.5 Å². The van der Waals surface area contributed by atoms with E-state index in [0.29, 0.717) is 66.6 Å². The van der Waals surface area contributed by atoms with Crippen molar-refractivity contribution in [1.82, 2.24) is 24.8 Å². The number of benzene rings is 2. The molecule has 2 aromatic carbocycles. The number of hydrogen-bond donors (Lipinski definition) is 2. The van der Waals surface area contributed by atoms with Crippen LogP contribution in [-0.2, 0) is 6.54 Å². The molecule has 0 bridgehead atoms. The maximum absolute atomic E-state index is 12.9. The van der Waals surface area contributed by atoms with Gasteiger partial charge in [-0.05, 0) is 18.2 Å². The third-order valence-electron chi connectivity index (χ3n) is 6.05. The molecule has 3 heterocycles. The molecule has 1 saturated heterocycles. The first-order valence-electron chi connectivity index (χ1n) is 10.8. The smallest absolute Gasteiger partial charge is 0.270 e. The van der Waals surface area contributed by atoms with Crippen LogP contribution in [-0.4, -0.2) is 71.1 Å². The van der Waals surface area contributed by atoms with Crippen molar-refractivity contribution in [3.05, 3.63) is 64.3 Å². The van der Waals surface area contributed by atoms with E-state index in [2.05, 4.69) is 19.9 Å². The number of methoxy groups -OCH3 is 2. The van der Waals surface area contributed by atoms with Crippen LogP contribution in [0.25, 0.3) is 21.8 Å². The minimum Gasteiger partial charge on any atom is -0.493 e. The van der Waals surface area contributed by atoms with Crippen molar-refractivity contribution in [2.24, 2.45) is 0 Å². The lowest BCUT2D eigenvalue weighted by molar-refractivity contribution is 0.0620. The number of piperazine rings is 1. The topological polar surface area (TPSA) is 104 Å². The number of aromatic amines is 2.